The number of fused-ring (bicyclic) bond motifs is 9. The Morgan fingerprint density at radius 3 is 1.76 bits per heavy atom. The van der Waals surface area contributed by atoms with E-state index in [0.717, 1.165) is 33.3 Å². The monoisotopic (exact) mass is 650 g/mol. The third-order valence-corrected chi connectivity index (χ3v) is 10.5. The average Bonchev–Trinajstić information content (AvgIpc) is 3.85. The molecule has 0 radical (unpaired) electrons. The highest BCUT2D eigenvalue weighted by atomic mass is 16.3. The van der Waals surface area contributed by atoms with Crippen molar-refractivity contribution in [1.29, 1.82) is 0 Å². The summed E-state index contributed by atoms with van der Waals surface area (Å²) in [5.41, 5.74) is 13.6. The molecule has 3 heteroatoms. The largest absolute Gasteiger partial charge is 0.456 e. The highest BCUT2D eigenvalue weighted by molar-refractivity contribution is 6.18. The van der Waals surface area contributed by atoms with Gasteiger partial charge < -0.3 is 13.6 Å². The first kappa shape index (κ1) is 28.0. The Labute approximate surface area is 293 Å². The normalized spacial score (nSPS) is 11.9. The Kier molecular flexibility index (Phi) is 5.96. The van der Waals surface area contributed by atoms with Crippen LogP contribution in [0.15, 0.2) is 186 Å². The summed E-state index contributed by atoms with van der Waals surface area (Å²) in [6.07, 6.45) is 0. The second-order valence-corrected chi connectivity index (χ2v) is 13.3. The zero-order valence-electron chi connectivity index (χ0n) is 27.6. The molecule has 0 spiro atoms. The first-order valence-corrected chi connectivity index (χ1v) is 17.4. The van der Waals surface area contributed by atoms with Crippen LogP contribution in [0.3, 0.4) is 0 Å². The van der Waals surface area contributed by atoms with Gasteiger partial charge >= 0.3 is 0 Å². The van der Waals surface area contributed by atoms with Gasteiger partial charge in [0.1, 0.15) is 11.2 Å². The fourth-order valence-electron chi connectivity index (χ4n) is 8.31. The van der Waals surface area contributed by atoms with Crippen LogP contribution in [-0.2, 0) is 0 Å². The summed E-state index contributed by atoms with van der Waals surface area (Å²) in [6, 6.07) is 65.6. The van der Waals surface area contributed by atoms with E-state index in [1.54, 1.807) is 0 Å². The van der Waals surface area contributed by atoms with Crippen molar-refractivity contribution < 1.29 is 4.42 Å². The van der Waals surface area contributed by atoms with E-state index in [2.05, 4.69) is 179 Å². The number of rotatable bonds is 4. The summed E-state index contributed by atoms with van der Waals surface area (Å²) < 4.78 is 11.1. The number of benzene rings is 8. The Morgan fingerprint density at radius 1 is 0.333 bits per heavy atom. The summed E-state index contributed by atoms with van der Waals surface area (Å²) in [5.74, 6) is 0. The van der Waals surface area contributed by atoms with Gasteiger partial charge in [0.15, 0.2) is 0 Å². The number of nitrogens with zero attached hydrogens (tertiary/aromatic N) is 2. The van der Waals surface area contributed by atoms with Crippen molar-refractivity contribution in [3.63, 3.8) is 0 Å². The SMILES string of the molecule is c1ccc(-c2ccc3c4ccccc4n(-c4ccc5oc6ccccc6c5c4)c3c2-c2ccc3c(c2)c2ccccc2n3-c2ccccc2)cc1. The maximum absolute atomic E-state index is 6.27. The second-order valence-electron chi connectivity index (χ2n) is 13.3. The zero-order valence-corrected chi connectivity index (χ0v) is 27.6. The molecule has 0 saturated carbocycles. The van der Waals surface area contributed by atoms with Crippen molar-refractivity contribution in [2.24, 2.45) is 0 Å². The van der Waals surface area contributed by atoms with Gasteiger partial charge in [-0.3, -0.25) is 0 Å². The number of furan rings is 1. The van der Waals surface area contributed by atoms with Gasteiger partial charge in [-0.15, -0.1) is 0 Å². The van der Waals surface area contributed by atoms with E-state index in [1.807, 2.05) is 12.1 Å². The summed E-state index contributed by atoms with van der Waals surface area (Å²) in [4.78, 5) is 0. The molecule has 0 saturated heterocycles. The van der Waals surface area contributed by atoms with Crippen LogP contribution in [0.1, 0.15) is 0 Å². The van der Waals surface area contributed by atoms with Crippen molar-refractivity contribution in [1.82, 2.24) is 9.13 Å². The van der Waals surface area contributed by atoms with E-state index in [-0.39, 0.29) is 0 Å². The number of aromatic nitrogens is 2. The van der Waals surface area contributed by atoms with Crippen LogP contribution in [0.4, 0.5) is 0 Å². The van der Waals surface area contributed by atoms with Crippen molar-refractivity contribution in [2.75, 3.05) is 0 Å². The van der Waals surface area contributed by atoms with Gasteiger partial charge in [0.2, 0.25) is 0 Å². The lowest BCUT2D eigenvalue weighted by Crippen LogP contribution is -1.97. The van der Waals surface area contributed by atoms with E-state index >= 15 is 0 Å². The van der Waals surface area contributed by atoms with Crippen LogP contribution in [0.5, 0.6) is 0 Å². The third kappa shape index (κ3) is 4.12. The first-order chi connectivity index (χ1) is 25.3. The van der Waals surface area contributed by atoms with Crippen molar-refractivity contribution in [2.45, 2.75) is 0 Å². The van der Waals surface area contributed by atoms with Gasteiger partial charge in [-0.2, -0.15) is 0 Å². The van der Waals surface area contributed by atoms with Crippen LogP contribution < -0.4 is 0 Å². The number of hydrogen-bond acceptors (Lipinski definition) is 1. The lowest BCUT2D eigenvalue weighted by molar-refractivity contribution is 0.669. The van der Waals surface area contributed by atoms with Gasteiger partial charge in [-0.1, -0.05) is 121 Å². The molecular formula is C48H30N2O. The van der Waals surface area contributed by atoms with E-state index in [0.29, 0.717) is 0 Å². The van der Waals surface area contributed by atoms with Gasteiger partial charge in [0.05, 0.1) is 22.1 Å². The molecule has 0 unspecified atom stereocenters. The topological polar surface area (TPSA) is 23.0 Å². The molecule has 238 valence electrons. The summed E-state index contributed by atoms with van der Waals surface area (Å²) in [5, 5.41) is 7.17. The Hall–Kier alpha value is -6.84. The van der Waals surface area contributed by atoms with Crippen LogP contribution in [-0.4, -0.2) is 9.13 Å². The van der Waals surface area contributed by atoms with E-state index in [4.69, 9.17) is 4.42 Å². The molecule has 3 aromatic heterocycles. The standard InChI is InChI=1S/C48H30N2O/c1-3-13-31(14-4-1)35-25-26-39-36-17-7-11-21-43(36)50(34-24-28-46-41(30-34)38-19-9-12-22-45(38)51-46)48(39)47(35)32-23-27-44-40(29-32)37-18-8-10-20-42(37)49(44)33-15-5-2-6-16-33/h1-30H. The highest BCUT2D eigenvalue weighted by Gasteiger charge is 2.22. The lowest BCUT2D eigenvalue weighted by atomic mass is 9.91. The second kappa shape index (κ2) is 10.8. The maximum Gasteiger partial charge on any atom is 0.135 e. The number of para-hydroxylation sites is 4. The van der Waals surface area contributed by atoms with Gasteiger partial charge in [0, 0.05) is 49.3 Å². The van der Waals surface area contributed by atoms with Crippen molar-refractivity contribution >= 4 is 65.6 Å². The molecule has 8 aromatic carbocycles. The summed E-state index contributed by atoms with van der Waals surface area (Å²) in [7, 11) is 0. The predicted octanol–water partition coefficient (Wildman–Crippen LogP) is 13.1. The highest BCUT2D eigenvalue weighted by Crippen LogP contribution is 2.45. The predicted molar refractivity (Wildman–Crippen MR) is 213 cm³/mol. The molecule has 0 atom stereocenters. The molecule has 51 heavy (non-hydrogen) atoms. The molecule has 3 heterocycles. The van der Waals surface area contributed by atoms with Crippen molar-refractivity contribution in [3.8, 4) is 33.6 Å². The third-order valence-electron chi connectivity index (χ3n) is 10.5. The molecular weight excluding hydrogens is 621 g/mol. The number of hydrogen-bond donors (Lipinski definition) is 0. The van der Waals surface area contributed by atoms with Crippen molar-refractivity contribution in [3.05, 3.63) is 182 Å². The molecule has 11 rings (SSSR count). The molecule has 11 aromatic rings. The molecule has 0 N–H and O–H groups in total. The fourth-order valence-corrected chi connectivity index (χ4v) is 8.31. The Bertz CT molecular complexity index is 3130. The molecule has 0 aliphatic rings. The van der Waals surface area contributed by atoms with Crippen LogP contribution in [0, 0.1) is 0 Å². The minimum Gasteiger partial charge on any atom is -0.456 e. The first-order valence-electron chi connectivity index (χ1n) is 17.4. The molecule has 3 nitrogen and oxygen atoms in total. The van der Waals surface area contributed by atoms with Crippen LogP contribution in [0.25, 0.3) is 99.2 Å². The average molecular weight is 651 g/mol. The molecule has 0 fully saturated rings. The van der Waals surface area contributed by atoms with E-state index < -0.39 is 0 Å². The maximum atomic E-state index is 6.27. The zero-order chi connectivity index (χ0) is 33.5. The van der Waals surface area contributed by atoms with Gasteiger partial charge in [0.25, 0.3) is 0 Å². The smallest absolute Gasteiger partial charge is 0.135 e. The summed E-state index contributed by atoms with van der Waals surface area (Å²) in [6.45, 7) is 0. The molecule has 0 amide bonds. The fraction of sp³-hybridized carbons (Fsp3) is 0. The molecule has 0 bridgehead atoms. The minimum absolute atomic E-state index is 0.895. The minimum atomic E-state index is 0.895. The molecule has 0 aliphatic carbocycles. The lowest BCUT2D eigenvalue weighted by Gasteiger charge is -2.17. The summed E-state index contributed by atoms with van der Waals surface area (Å²) >= 11 is 0. The van der Waals surface area contributed by atoms with Gasteiger partial charge in [-0.25, -0.2) is 0 Å². The van der Waals surface area contributed by atoms with E-state index in [9.17, 15) is 0 Å². The van der Waals surface area contributed by atoms with E-state index in [1.165, 1.54) is 65.9 Å². The van der Waals surface area contributed by atoms with Crippen LogP contribution in [0.2, 0.25) is 0 Å². The Balaban J connectivity index is 1.28. The Morgan fingerprint density at radius 2 is 0.961 bits per heavy atom. The molecule has 0 aliphatic heterocycles. The van der Waals surface area contributed by atoms with Gasteiger partial charge in [-0.05, 0) is 77.4 Å². The quantitative estimate of drug-likeness (QED) is 0.186. The van der Waals surface area contributed by atoms with Crippen LogP contribution >= 0.6 is 0 Å².